The fourth-order valence-electron chi connectivity index (χ4n) is 3.23. The molecule has 29 heavy (non-hydrogen) atoms. The van der Waals surface area contributed by atoms with E-state index in [2.05, 4.69) is 56.2 Å². The predicted molar refractivity (Wildman–Crippen MR) is 123 cm³/mol. The number of fused-ring (bicyclic) bond motifs is 1. The maximum atomic E-state index is 12.7. The zero-order valence-corrected chi connectivity index (χ0v) is 19.1. The Kier molecular flexibility index (Phi) is 6.80. The van der Waals surface area contributed by atoms with Gasteiger partial charge in [0.05, 0.1) is 5.52 Å². The summed E-state index contributed by atoms with van der Waals surface area (Å²) in [7, 11) is 1.73. The van der Waals surface area contributed by atoms with Gasteiger partial charge in [0.25, 0.3) is 5.56 Å². The van der Waals surface area contributed by atoms with Crippen molar-refractivity contribution < 1.29 is 4.79 Å². The normalized spacial score (nSPS) is 11.6. The van der Waals surface area contributed by atoms with E-state index in [4.69, 9.17) is 0 Å². The maximum Gasteiger partial charge on any atom is 0.271 e. The SMILES string of the molecule is CC(C)c1cccc(C(C)C)c1NC(=O)CCSc1nc2ccsc2c(=O)n1C. The Labute approximate surface area is 179 Å². The van der Waals surface area contributed by atoms with Gasteiger partial charge < -0.3 is 5.32 Å². The van der Waals surface area contributed by atoms with Crippen LogP contribution in [0.5, 0.6) is 0 Å². The summed E-state index contributed by atoms with van der Waals surface area (Å²) >= 11 is 2.84. The summed E-state index contributed by atoms with van der Waals surface area (Å²) in [5.74, 6) is 1.20. The first-order valence-electron chi connectivity index (χ1n) is 9.79. The molecule has 0 aliphatic carbocycles. The number of anilines is 1. The minimum Gasteiger partial charge on any atom is -0.326 e. The summed E-state index contributed by atoms with van der Waals surface area (Å²) in [4.78, 5) is 29.6. The third-order valence-electron chi connectivity index (χ3n) is 4.84. The first-order chi connectivity index (χ1) is 13.8. The molecule has 0 radical (unpaired) electrons. The second-order valence-electron chi connectivity index (χ2n) is 7.66. The molecule has 0 saturated carbocycles. The Morgan fingerprint density at radius 2 is 1.83 bits per heavy atom. The van der Waals surface area contributed by atoms with Crippen molar-refractivity contribution in [3.63, 3.8) is 0 Å². The van der Waals surface area contributed by atoms with Gasteiger partial charge in [-0.25, -0.2) is 4.98 Å². The minimum atomic E-state index is -0.0376. The van der Waals surface area contributed by atoms with E-state index in [9.17, 15) is 9.59 Å². The smallest absolute Gasteiger partial charge is 0.271 e. The molecule has 0 aliphatic rings. The summed E-state index contributed by atoms with van der Waals surface area (Å²) in [6.07, 6.45) is 0.353. The lowest BCUT2D eigenvalue weighted by Crippen LogP contribution is -2.19. The number of aromatic nitrogens is 2. The van der Waals surface area contributed by atoms with Crippen molar-refractivity contribution in [2.24, 2.45) is 7.05 Å². The fourth-order valence-corrected chi connectivity index (χ4v) is 4.94. The lowest BCUT2D eigenvalue weighted by molar-refractivity contribution is -0.115. The highest BCUT2D eigenvalue weighted by atomic mass is 32.2. The van der Waals surface area contributed by atoms with E-state index in [0.29, 0.717) is 33.9 Å². The van der Waals surface area contributed by atoms with E-state index >= 15 is 0 Å². The molecular formula is C22H27N3O2S2. The van der Waals surface area contributed by atoms with Gasteiger partial charge in [-0.1, -0.05) is 57.7 Å². The number of nitrogens with zero attached hydrogens (tertiary/aromatic N) is 2. The monoisotopic (exact) mass is 429 g/mol. The van der Waals surface area contributed by atoms with E-state index < -0.39 is 0 Å². The molecule has 3 rings (SSSR count). The van der Waals surface area contributed by atoms with E-state index in [1.54, 1.807) is 11.6 Å². The van der Waals surface area contributed by atoms with Crippen LogP contribution in [0.1, 0.15) is 57.1 Å². The molecular weight excluding hydrogens is 402 g/mol. The Hall–Kier alpha value is -2.12. The lowest BCUT2D eigenvalue weighted by atomic mass is 9.92. The van der Waals surface area contributed by atoms with Crippen molar-refractivity contribution in [1.82, 2.24) is 9.55 Å². The van der Waals surface area contributed by atoms with Gasteiger partial charge in [-0.3, -0.25) is 14.2 Å². The highest BCUT2D eigenvalue weighted by Crippen LogP contribution is 2.32. The van der Waals surface area contributed by atoms with Crippen molar-refractivity contribution in [3.05, 3.63) is 51.1 Å². The molecule has 1 amide bonds. The summed E-state index contributed by atoms with van der Waals surface area (Å²) in [5.41, 5.74) is 3.94. The molecule has 154 valence electrons. The molecule has 5 nitrogen and oxygen atoms in total. The standard InChI is InChI=1S/C22H27N3O2S2/c1-13(2)15-7-6-8-16(14(3)4)19(15)24-18(26)10-12-29-22-23-17-9-11-28-20(17)21(27)25(22)5/h6-9,11,13-14H,10,12H2,1-5H3,(H,24,26). The number of thioether (sulfide) groups is 1. The quantitative estimate of drug-likeness (QED) is 0.405. The second-order valence-corrected chi connectivity index (χ2v) is 9.64. The molecule has 1 aromatic carbocycles. The number of benzene rings is 1. The van der Waals surface area contributed by atoms with Crippen LogP contribution in [0.2, 0.25) is 0 Å². The van der Waals surface area contributed by atoms with Crippen LogP contribution < -0.4 is 10.9 Å². The van der Waals surface area contributed by atoms with Gasteiger partial charge in [0.15, 0.2) is 5.16 Å². The maximum absolute atomic E-state index is 12.7. The molecule has 0 bridgehead atoms. The molecule has 0 atom stereocenters. The topological polar surface area (TPSA) is 64.0 Å². The van der Waals surface area contributed by atoms with Gasteiger partial charge >= 0.3 is 0 Å². The Balaban J connectivity index is 1.70. The molecule has 3 aromatic rings. The number of rotatable bonds is 7. The number of amides is 1. The number of carbonyl (C=O) groups is 1. The number of hydrogen-bond donors (Lipinski definition) is 1. The van der Waals surface area contributed by atoms with Crippen molar-refractivity contribution in [2.75, 3.05) is 11.1 Å². The van der Waals surface area contributed by atoms with Gasteiger partial charge in [-0.2, -0.15) is 0 Å². The average Bonchev–Trinajstić information content (AvgIpc) is 3.14. The molecule has 0 aliphatic heterocycles. The second kappa shape index (κ2) is 9.13. The lowest BCUT2D eigenvalue weighted by Gasteiger charge is -2.20. The Morgan fingerprint density at radius 1 is 1.17 bits per heavy atom. The van der Waals surface area contributed by atoms with Crippen LogP contribution in [0.25, 0.3) is 10.2 Å². The Bertz CT molecular complexity index is 1060. The molecule has 0 spiro atoms. The molecule has 0 saturated heterocycles. The largest absolute Gasteiger partial charge is 0.326 e. The first kappa shape index (κ1) is 21.6. The van der Waals surface area contributed by atoms with Gasteiger partial charge in [0.2, 0.25) is 5.91 Å². The molecule has 7 heteroatoms. The third kappa shape index (κ3) is 4.73. The number of carbonyl (C=O) groups excluding carboxylic acids is 1. The fraction of sp³-hybridized carbons (Fsp3) is 0.409. The van der Waals surface area contributed by atoms with Crippen LogP contribution >= 0.6 is 23.1 Å². The zero-order chi connectivity index (χ0) is 21.1. The van der Waals surface area contributed by atoms with Crippen molar-refractivity contribution in [3.8, 4) is 0 Å². The van der Waals surface area contributed by atoms with E-state index in [1.807, 2.05) is 11.4 Å². The summed E-state index contributed by atoms with van der Waals surface area (Å²) in [5, 5.41) is 5.65. The highest BCUT2D eigenvalue weighted by molar-refractivity contribution is 7.99. The summed E-state index contributed by atoms with van der Waals surface area (Å²) in [6.45, 7) is 8.55. The van der Waals surface area contributed by atoms with Crippen LogP contribution in [0.15, 0.2) is 39.6 Å². The molecule has 2 aromatic heterocycles. The number of nitrogens with one attached hydrogen (secondary N) is 1. The van der Waals surface area contributed by atoms with Gasteiger partial charge in [0, 0.05) is 24.9 Å². The van der Waals surface area contributed by atoms with Crippen LogP contribution in [-0.4, -0.2) is 21.2 Å². The van der Waals surface area contributed by atoms with Gasteiger partial charge in [0.1, 0.15) is 4.70 Å². The van der Waals surface area contributed by atoms with Crippen LogP contribution in [-0.2, 0) is 11.8 Å². The van der Waals surface area contributed by atoms with Crippen LogP contribution in [0.4, 0.5) is 5.69 Å². The summed E-state index contributed by atoms with van der Waals surface area (Å²) in [6, 6.07) is 8.07. The molecule has 2 heterocycles. The zero-order valence-electron chi connectivity index (χ0n) is 17.5. The van der Waals surface area contributed by atoms with Crippen molar-refractivity contribution >= 4 is 44.9 Å². The van der Waals surface area contributed by atoms with E-state index in [1.165, 1.54) is 23.1 Å². The number of para-hydroxylation sites is 1. The predicted octanol–water partition coefficient (Wildman–Crippen LogP) is 5.36. The number of hydrogen-bond acceptors (Lipinski definition) is 5. The average molecular weight is 430 g/mol. The highest BCUT2D eigenvalue weighted by Gasteiger charge is 2.16. The van der Waals surface area contributed by atoms with E-state index in [-0.39, 0.29) is 11.5 Å². The minimum absolute atomic E-state index is 0.0193. The van der Waals surface area contributed by atoms with Gasteiger partial charge in [-0.15, -0.1) is 11.3 Å². The molecule has 1 N–H and O–H groups in total. The molecule has 0 unspecified atom stereocenters. The molecule has 0 fully saturated rings. The van der Waals surface area contributed by atoms with Crippen LogP contribution in [0.3, 0.4) is 0 Å². The number of thiophene rings is 1. The van der Waals surface area contributed by atoms with Crippen LogP contribution in [0, 0.1) is 0 Å². The summed E-state index contributed by atoms with van der Waals surface area (Å²) < 4.78 is 2.23. The Morgan fingerprint density at radius 3 is 2.45 bits per heavy atom. The van der Waals surface area contributed by atoms with Crippen molar-refractivity contribution in [1.29, 1.82) is 0 Å². The van der Waals surface area contributed by atoms with E-state index in [0.717, 1.165) is 22.3 Å². The van der Waals surface area contributed by atoms with Gasteiger partial charge in [-0.05, 0) is 34.4 Å². The third-order valence-corrected chi connectivity index (χ3v) is 6.77. The van der Waals surface area contributed by atoms with Crippen molar-refractivity contribution in [2.45, 2.75) is 51.1 Å². The first-order valence-corrected chi connectivity index (χ1v) is 11.7.